The van der Waals surface area contributed by atoms with E-state index in [9.17, 15) is 15.2 Å². The van der Waals surface area contributed by atoms with Crippen molar-refractivity contribution in [1.29, 1.82) is 5.26 Å². The molecule has 0 aliphatic heterocycles. The maximum Gasteiger partial charge on any atom is 0.203 e. The molecule has 1 N–H and O–H groups in total. The molecule has 0 aromatic heterocycles. The van der Waals surface area contributed by atoms with Crippen LogP contribution in [-0.2, 0) is 0 Å². The molecule has 116 valence electrons. The number of rotatable bonds is 4. The number of allylic oxidation sites excluding steroid dienone is 1. The number of Topliss-reactive ketones (excluding diaryl/α,β-unsaturated/α-hetero) is 1. The van der Waals surface area contributed by atoms with Gasteiger partial charge in [0.2, 0.25) is 5.78 Å². The predicted molar refractivity (Wildman–Crippen MR) is 88.8 cm³/mol. The minimum absolute atomic E-state index is 0.0283. The first-order valence-electron chi connectivity index (χ1n) is 6.76. The number of ketones is 1. The van der Waals surface area contributed by atoms with Gasteiger partial charge in [-0.25, -0.2) is 0 Å². The van der Waals surface area contributed by atoms with E-state index < -0.39 is 0 Å². The zero-order chi connectivity index (χ0) is 17.0. The third-order valence-electron chi connectivity index (χ3n) is 3.23. The topological polar surface area (TPSA) is 70.3 Å². The van der Waals surface area contributed by atoms with Crippen molar-refractivity contribution in [2.45, 2.75) is 6.92 Å². The first-order chi connectivity index (χ1) is 11.0. The molecule has 0 aliphatic rings. The lowest BCUT2D eigenvalue weighted by molar-refractivity contribution is 0.104. The number of carbonyl (C=O) groups is 1. The molecule has 0 radical (unpaired) electrons. The fourth-order valence-corrected chi connectivity index (χ4v) is 2.31. The van der Waals surface area contributed by atoms with Gasteiger partial charge < -0.3 is 9.84 Å². The van der Waals surface area contributed by atoms with Crippen LogP contribution in [0, 0.1) is 18.3 Å². The Bertz CT molecular complexity index is 835. The Morgan fingerprint density at radius 3 is 2.70 bits per heavy atom. The highest BCUT2D eigenvalue weighted by Crippen LogP contribution is 2.35. The minimum atomic E-state index is -0.376. The van der Waals surface area contributed by atoms with Crippen molar-refractivity contribution in [3.63, 3.8) is 0 Å². The fraction of sp³-hybridized carbons (Fsp3) is 0.111. The summed E-state index contributed by atoms with van der Waals surface area (Å²) in [6.45, 7) is 1.87. The number of methoxy groups -OCH3 is 1. The van der Waals surface area contributed by atoms with E-state index in [2.05, 4.69) is 0 Å². The Kier molecular flexibility index (Phi) is 5.05. The van der Waals surface area contributed by atoms with Crippen molar-refractivity contribution in [3.8, 4) is 17.6 Å². The van der Waals surface area contributed by atoms with Crippen LogP contribution in [0.4, 0.5) is 0 Å². The van der Waals surface area contributed by atoms with Crippen molar-refractivity contribution in [2.75, 3.05) is 7.11 Å². The van der Waals surface area contributed by atoms with Crippen molar-refractivity contribution >= 4 is 23.5 Å². The van der Waals surface area contributed by atoms with Gasteiger partial charge in [-0.15, -0.1) is 0 Å². The van der Waals surface area contributed by atoms with Crippen molar-refractivity contribution in [2.24, 2.45) is 0 Å². The molecule has 5 heteroatoms. The Morgan fingerprint density at radius 2 is 2.09 bits per heavy atom. The highest BCUT2D eigenvalue weighted by atomic mass is 35.5. The second kappa shape index (κ2) is 6.99. The molecule has 0 heterocycles. The second-order valence-corrected chi connectivity index (χ2v) is 5.33. The zero-order valence-electron chi connectivity index (χ0n) is 12.6. The van der Waals surface area contributed by atoms with E-state index in [1.165, 1.54) is 25.3 Å². The van der Waals surface area contributed by atoms with E-state index in [0.29, 0.717) is 11.1 Å². The molecule has 0 bridgehead atoms. The van der Waals surface area contributed by atoms with Crippen LogP contribution in [0.5, 0.6) is 11.5 Å². The molecule has 23 heavy (non-hydrogen) atoms. The minimum Gasteiger partial charge on any atom is -0.503 e. The molecule has 0 amide bonds. The monoisotopic (exact) mass is 327 g/mol. The molecule has 0 atom stereocenters. The summed E-state index contributed by atoms with van der Waals surface area (Å²) in [5.41, 5.74) is 1.83. The van der Waals surface area contributed by atoms with E-state index >= 15 is 0 Å². The number of halogens is 1. The molecule has 0 saturated carbocycles. The van der Waals surface area contributed by atoms with E-state index in [1.54, 1.807) is 18.2 Å². The molecule has 2 aromatic carbocycles. The van der Waals surface area contributed by atoms with Crippen LogP contribution in [-0.4, -0.2) is 18.0 Å². The number of phenolic OH excluding ortho intramolecular Hbond substituents is 1. The average molecular weight is 328 g/mol. The molecular formula is C18H14ClNO3. The molecule has 4 nitrogen and oxygen atoms in total. The van der Waals surface area contributed by atoms with Crippen LogP contribution in [0.3, 0.4) is 0 Å². The van der Waals surface area contributed by atoms with Gasteiger partial charge >= 0.3 is 0 Å². The summed E-state index contributed by atoms with van der Waals surface area (Å²) in [6, 6.07) is 11.9. The molecule has 0 fully saturated rings. The van der Waals surface area contributed by atoms with Crippen molar-refractivity contribution < 1.29 is 14.6 Å². The highest BCUT2D eigenvalue weighted by molar-refractivity contribution is 6.32. The van der Waals surface area contributed by atoms with Crippen LogP contribution < -0.4 is 4.74 Å². The van der Waals surface area contributed by atoms with Gasteiger partial charge in [0, 0.05) is 5.56 Å². The number of ether oxygens (including phenoxy) is 1. The van der Waals surface area contributed by atoms with Crippen LogP contribution >= 0.6 is 11.6 Å². The van der Waals surface area contributed by atoms with E-state index in [0.717, 1.165) is 5.56 Å². The van der Waals surface area contributed by atoms with Gasteiger partial charge in [-0.1, -0.05) is 35.4 Å². The van der Waals surface area contributed by atoms with Crippen LogP contribution in [0.15, 0.2) is 42.0 Å². The van der Waals surface area contributed by atoms with Gasteiger partial charge in [-0.2, -0.15) is 5.26 Å². The van der Waals surface area contributed by atoms with Gasteiger partial charge in [0.1, 0.15) is 11.6 Å². The first kappa shape index (κ1) is 16.6. The SMILES string of the molecule is COc1cc(C=C(C#N)C(=O)c2cccc(C)c2)cc(Cl)c1O. The van der Waals surface area contributed by atoms with Crippen LogP contribution in [0.1, 0.15) is 21.5 Å². The summed E-state index contributed by atoms with van der Waals surface area (Å²) in [6.07, 6.45) is 1.42. The Labute approximate surface area is 139 Å². The highest BCUT2D eigenvalue weighted by Gasteiger charge is 2.14. The zero-order valence-corrected chi connectivity index (χ0v) is 13.4. The number of hydrogen-bond donors (Lipinski definition) is 1. The number of aryl methyl sites for hydroxylation is 1. The van der Waals surface area contributed by atoms with E-state index in [4.69, 9.17) is 16.3 Å². The largest absolute Gasteiger partial charge is 0.503 e. The number of hydrogen-bond acceptors (Lipinski definition) is 4. The lowest BCUT2D eigenvalue weighted by Gasteiger charge is -2.07. The van der Waals surface area contributed by atoms with Crippen LogP contribution in [0.2, 0.25) is 5.02 Å². The van der Waals surface area contributed by atoms with E-state index in [1.807, 2.05) is 19.1 Å². The molecule has 0 unspecified atom stereocenters. The third-order valence-corrected chi connectivity index (χ3v) is 3.52. The molecular weight excluding hydrogens is 314 g/mol. The first-order valence-corrected chi connectivity index (χ1v) is 7.13. The van der Waals surface area contributed by atoms with Gasteiger partial charge in [0.05, 0.1) is 12.1 Å². The number of nitrogens with zero attached hydrogens (tertiary/aromatic N) is 1. The Hall–Kier alpha value is -2.77. The van der Waals surface area contributed by atoms with Crippen molar-refractivity contribution in [3.05, 3.63) is 63.7 Å². The Balaban J connectivity index is 2.45. The van der Waals surface area contributed by atoms with Gasteiger partial charge in [0.25, 0.3) is 0 Å². The second-order valence-electron chi connectivity index (χ2n) is 4.92. The maximum atomic E-state index is 12.4. The molecule has 2 aromatic rings. The number of carbonyl (C=O) groups excluding carboxylic acids is 1. The number of benzene rings is 2. The number of phenols is 1. The summed E-state index contributed by atoms with van der Waals surface area (Å²) in [4.78, 5) is 12.4. The fourth-order valence-electron chi connectivity index (χ4n) is 2.09. The molecule has 0 aliphatic carbocycles. The Morgan fingerprint density at radius 1 is 1.35 bits per heavy atom. The standard InChI is InChI=1S/C18H14ClNO3/c1-11-4-3-5-13(6-11)17(21)14(10-20)7-12-8-15(19)18(22)16(9-12)23-2/h3-9,22H,1-2H3. The van der Waals surface area contributed by atoms with Crippen LogP contribution in [0.25, 0.3) is 6.08 Å². The summed E-state index contributed by atoms with van der Waals surface area (Å²) in [7, 11) is 1.39. The smallest absolute Gasteiger partial charge is 0.203 e. The summed E-state index contributed by atoms with van der Waals surface area (Å²) >= 11 is 5.91. The van der Waals surface area contributed by atoms with Gasteiger partial charge in [0.15, 0.2) is 11.5 Å². The van der Waals surface area contributed by atoms with Gasteiger partial charge in [-0.3, -0.25) is 4.79 Å². The van der Waals surface area contributed by atoms with Gasteiger partial charge in [-0.05, 0) is 36.8 Å². The number of aromatic hydroxyl groups is 1. The molecule has 2 rings (SSSR count). The lowest BCUT2D eigenvalue weighted by atomic mass is 10.0. The quantitative estimate of drug-likeness (QED) is 0.520. The lowest BCUT2D eigenvalue weighted by Crippen LogP contribution is -2.02. The third kappa shape index (κ3) is 3.71. The van der Waals surface area contributed by atoms with Crippen molar-refractivity contribution in [1.82, 2.24) is 0 Å². The normalized spacial score (nSPS) is 11.0. The summed E-state index contributed by atoms with van der Waals surface area (Å²) < 4.78 is 5.01. The van der Waals surface area contributed by atoms with E-state index in [-0.39, 0.29) is 27.9 Å². The summed E-state index contributed by atoms with van der Waals surface area (Å²) in [5.74, 6) is -0.391. The maximum absolute atomic E-state index is 12.4. The number of nitriles is 1. The average Bonchev–Trinajstić information content (AvgIpc) is 2.55. The molecule has 0 saturated heterocycles. The summed E-state index contributed by atoms with van der Waals surface area (Å²) in [5, 5.41) is 19.1. The predicted octanol–water partition coefficient (Wildman–Crippen LogP) is 4.15. The molecule has 0 spiro atoms.